The number of hydrogen-bond acceptors (Lipinski definition) is 4. The second kappa shape index (κ2) is 8.65. The quantitative estimate of drug-likeness (QED) is 0.743. The Kier molecular flexibility index (Phi) is 6.55. The number of benzene rings is 2. The van der Waals surface area contributed by atoms with E-state index in [4.69, 9.17) is 4.74 Å². The number of phenolic OH excluding ortho intramolecular Hbond substituents is 1. The van der Waals surface area contributed by atoms with Crippen LogP contribution < -0.4 is 4.74 Å². The number of alkyl halides is 3. The Labute approximate surface area is 179 Å². The summed E-state index contributed by atoms with van der Waals surface area (Å²) in [5.74, 6) is 1.02. The van der Waals surface area contributed by atoms with Gasteiger partial charge in [-0.1, -0.05) is 18.2 Å². The van der Waals surface area contributed by atoms with Crippen molar-refractivity contribution in [1.82, 2.24) is 4.90 Å². The van der Waals surface area contributed by atoms with Gasteiger partial charge in [-0.3, -0.25) is 4.90 Å². The fraction of sp³-hybridized carbons (Fsp3) is 0.455. The molecule has 164 valence electrons. The summed E-state index contributed by atoms with van der Waals surface area (Å²) < 4.78 is 44.7. The first-order chi connectivity index (χ1) is 13.7. The van der Waals surface area contributed by atoms with Gasteiger partial charge in [0.2, 0.25) is 0 Å². The highest BCUT2D eigenvalue weighted by Crippen LogP contribution is 2.34. The second-order valence-electron chi connectivity index (χ2n) is 8.14. The maximum atomic E-state index is 12.9. The average molecular weight is 444 g/mol. The molecule has 0 saturated carbocycles. The van der Waals surface area contributed by atoms with Crippen molar-refractivity contribution < 1.29 is 28.1 Å². The van der Waals surface area contributed by atoms with Gasteiger partial charge in [0.05, 0.1) is 11.2 Å². The molecule has 2 aliphatic heterocycles. The molecule has 2 aromatic rings. The highest BCUT2D eigenvalue weighted by Gasteiger charge is 2.35. The van der Waals surface area contributed by atoms with E-state index in [9.17, 15) is 23.4 Å². The van der Waals surface area contributed by atoms with E-state index in [1.165, 1.54) is 6.07 Å². The molecule has 0 amide bonds. The van der Waals surface area contributed by atoms with Crippen LogP contribution >= 0.6 is 12.4 Å². The second-order valence-corrected chi connectivity index (χ2v) is 8.14. The van der Waals surface area contributed by atoms with Gasteiger partial charge >= 0.3 is 6.18 Å². The van der Waals surface area contributed by atoms with E-state index < -0.39 is 17.3 Å². The lowest BCUT2D eigenvalue weighted by atomic mass is 9.85. The first kappa shape index (κ1) is 22.7. The molecule has 2 aromatic carbocycles. The highest BCUT2D eigenvalue weighted by molar-refractivity contribution is 5.85. The van der Waals surface area contributed by atoms with E-state index in [-0.39, 0.29) is 30.7 Å². The first-order valence-electron chi connectivity index (χ1n) is 9.80. The number of likely N-dealkylation sites (tertiary alicyclic amines) is 1. The van der Waals surface area contributed by atoms with Crippen molar-refractivity contribution in [2.45, 2.75) is 43.6 Å². The van der Waals surface area contributed by atoms with Crippen LogP contribution in [-0.4, -0.2) is 46.5 Å². The zero-order valence-electron chi connectivity index (χ0n) is 16.4. The van der Waals surface area contributed by atoms with Crippen LogP contribution in [0.25, 0.3) is 0 Å². The number of halogens is 4. The molecule has 1 saturated heterocycles. The number of ether oxygens (including phenoxy) is 1. The lowest BCUT2D eigenvalue weighted by molar-refractivity contribution is -0.137. The van der Waals surface area contributed by atoms with E-state index in [0.717, 1.165) is 36.4 Å². The van der Waals surface area contributed by atoms with Crippen LogP contribution in [0.15, 0.2) is 42.5 Å². The van der Waals surface area contributed by atoms with Crippen LogP contribution in [0.1, 0.15) is 29.5 Å². The lowest BCUT2D eigenvalue weighted by Crippen LogP contribution is -2.48. The lowest BCUT2D eigenvalue weighted by Gasteiger charge is -2.39. The van der Waals surface area contributed by atoms with Crippen LogP contribution in [0.2, 0.25) is 0 Å². The number of aromatic hydroxyl groups is 1. The zero-order chi connectivity index (χ0) is 20.6. The molecule has 8 heteroatoms. The Hall–Kier alpha value is -1.96. The molecule has 2 N–H and O–H groups in total. The molecule has 1 atom stereocenters. The van der Waals surface area contributed by atoms with Crippen molar-refractivity contribution in [3.63, 3.8) is 0 Å². The van der Waals surface area contributed by atoms with Crippen molar-refractivity contribution in [2.75, 3.05) is 19.6 Å². The van der Waals surface area contributed by atoms with Crippen LogP contribution in [0, 0.1) is 0 Å². The van der Waals surface area contributed by atoms with Gasteiger partial charge in [0.15, 0.2) is 0 Å². The van der Waals surface area contributed by atoms with Crippen molar-refractivity contribution >= 4 is 12.4 Å². The van der Waals surface area contributed by atoms with E-state index >= 15 is 0 Å². The molecule has 30 heavy (non-hydrogen) atoms. The van der Waals surface area contributed by atoms with Crippen molar-refractivity contribution in [3.05, 3.63) is 59.2 Å². The Morgan fingerprint density at radius 3 is 2.53 bits per heavy atom. The third-order valence-corrected chi connectivity index (χ3v) is 5.82. The number of piperidine rings is 1. The molecule has 0 radical (unpaired) electrons. The van der Waals surface area contributed by atoms with Crippen LogP contribution in [0.5, 0.6) is 11.5 Å². The van der Waals surface area contributed by atoms with Crippen LogP contribution in [0.3, 0.4) is 0 Å². The fourth-order valence-electron chi connectivity index (χ4n) is 4.26. The molecule has 2 aliphatic rings. The van der Waals surface area contributed by atoms with Crippen molar-refractivity contribution in [2.24, 2.45) is 0 Å². The molecule has 0 spiro atoms. The topological polar surface area (TPSA) is 52.9 Å². The molecule has 1 unspecified atom stereocenters. The minimum atomic E-state index is -4.38. The average Bonchev–Trinajstić information content (AvgIpc) is 3.04. The summed E-state index contributed by atoms with van der Waals surface area (Å²) >= 11 is 0. The standard InChI is InChI=1S/C22H24F3NO3.ClH/c23-22(24,25)17-3-1-2-15(10-17)13-21(28)6-8-26(9-7-21)14-19-12-16-11-18(27)4-5-20(16)29-19;/h1-5,10-11,19,27-28H,6-9,12-14H2;1H. The smallest absolute Gasteiger partial charge is 0.416 e. The Morgan fingerprint density at radius 1 is 1.10 bits per heavy atom. The Balaban J connectivity index is 0.00000256. The number of phenols is 1. The number of hydrogen-bond donors (Lipinski definition) is 2. The zero-order valence-corrected chi connectivity index (χ0v) is 17.2. The molecule has 0 aromatic heterocycles. The van der Waals surface area contributed by atoms with Crippen molar-refractivity contribution in [3.8, 4) is 11.5 Å². The summed E-state index contributed by atoms with van der Waals surface area (Å²) in [4.78, 5) is 2.22. The third-order valence-electron chi connectivity index (χ3n) is 5.82. The predicted octanol–water partition coefficient (Wildman–Crippen LogP) is 4.21. The number of fused-ring (bicyclic) bond motifs is 1. The largest absolute Gasteiger partial charge is 0.508 e. The molecule has 0 bridgehead atoms. The summed E-state index contributed by atoms with van der Waals surface area (Å²) in [7, 11) is 0. The van der Waals surface area contributed by atoms with Gasteiger partial charge < -0.3 is 14.9 Å². The van der Waals surface area contributed by atoms with E-state index in [2.05, 4.69) is 4.90 Å². The van der Waals surface area contributed by atoms with Gasteiger partial charge in [-0.25, -0.2) is 0 Å². The van der Waals surface area contributed by atoms with Gasteiger partial charge in [0.25, 0.3) is 0 Å². The van der Waals surface area contributed by atoms with Gasteiger partial charge in [-0.05, 0) is 42.7 Å². The van der Waals surface area contributed by atoms with Crippen molar-refractivity contribution in [1.29, 1.82) is 0 Å². The number of aliphatic hydroxyl groups is 1. The number of nitrogens with zero attached hydrogens (tertiary/aromatic N) is 1. The summed E-state index contributed by atoms with van der Waals surface area (Å²) in [5, 5.41) is 20.5. The van der Waals surface area contributed by atoms with Gasteiger partial charge in [-0.15, -0.1) is 12.4 Å². The molecule has 2 heterocycles. The summed E-state index contributed by atoms with van der Waals surface area (Å²) in [6, 6.07) is 10.3. The monoisotopic (exact) mass is 443 g/mol. The van der Waals surface area contributed by atoms with Gasteiger partial charge in [0.1, 0.15) is 17.6 Å². The molecule has 4 nitrogen and oxygen atoms in total. The molecule has 1 fully saturated rings. The van der Waals surface area contributed by atoms with E-state index in [1.807, 2.05) is 0 Å². The summed E-state index contributed by atoms with van der Waals surface area (Å²) in [6.07, 6.45) is -2.42. The van der Waals surface area contributed by atoms with Gasteiger partial charge in [0, 0.05) is 38.0 Å². The van der Waals surface area contributed by atoms with E-state index in [1.54, 1.807) is 24.3 Å². The van der Waals surface area contributed by atoms with Crippen LogP contribution in [-0.2, 0) is 19.0 Å². The minimum absolute atomic E-state index is 0. The Bertz CT molecular complexity index is 882. The molecular formula is C22H25ClF3NO3. The summed E-state index contributed by atoms with van der Waals surface area (Å²) in [6.45, 7) is 2.04. The highest BCUT2D eigenvalue weighted by atomic mass is 35.5. The predicted molar refractivity (Wildman–Crippen MR) is 109 cm³/mol. The minimum Gasteiger partial charge on any atom is -0.508 e. The third kappa shape index (κ3) is 5.20. The van der Waals surface area contributed by atoms with Crippen LogP contribution in [0.4, 0.5) is 13.2 Å². The van der Waals surface area contributed by atoms with E-state index in [0.29, 0.717) is 31.5 Å². The first-order valence-corrected chi connectivity index (χ1v) is 9.80. The Morgan fingerprint density at radius 2 is 1.83 bits per heavy atom. The maximum Gasteiger partial charge on any atom is 0.416 e. The normalized spacial score (nSPS) is 20.9. The number of rotatable bonds is 4. The fourth-order valence-corrected chi connectivity index (χ4v) is 4.26. The van der Waals surface area contributed by atoms with Gasteiger partial charge in [-0.2, -0.15) is 13.2 Å². The summed E-state index contributed by atoms with van der Waals surface area (Å²) in [5.41, 5.74) is -0.176. The SMILES string of the molecule is Cl.Oc1ccc2c(c1)CC(CN1CCC(O)(Cc3cccc(C(F)(F)F)c3)CC1)O2. The molecule has 0 aliphatic carbocycles. The molecule has 4 rings (SSSR count). The maximum absolute atomic E-state index is 12.9. The molecular weight excluding hydrogens is 419 g/mol.